The minimum atomic E-state index is 0. The van der Waals surface area contributed by atoms with Crippen molar-refractivity contribution < 1.29 is 26.2 Å². The topological polar surface area (TPSA) is 0 Å². The van der Waals surface area contributed by atoms with Gasteiger partial charge in [0.05, 0.1) is 0 Å². The summed E-state index contributed by atoms with van der Waals surface area (Å²) in [4.78, 5) is 0. The van der Waals surface area contributed by atoms with E-state index in [0.717, 1.165) is 12.0 Å². The molecule has 1 saturated carbocycles. The zero-order valence-electron chi connectivity index (χ0n) is 16.7. The summed E-state index contributed by atoms with van der Waals surface area (Å²) in [5.41, 5.74) is 3.77. The van der Waals surface area contributed by atoms with Crippen LogP contribution in [0.5, 0.6) is 0 Å². The second-order valence-electron chi connectivity index (χ2n) is 6.69. The molecule has 0 aliphatic heterocycles. The van der Waals surface area contributed by atoms with Gasteiger partial charge in [-0.25, -0.2) is 37.1 Å². The Morgan fingerprint density at radius 3 is 1.59 bits per heavy atom. The molecule has 0 aromatic heterocycles. The number of rotatable bonds is 4. The van der Waals surface area contributed by atoms with Gasteiger partial charge < -0.3 is 5.92 Å². The maximum Gasteiger partial charge on any atom is 0 e. The van der Waals surface area contributed by atoms with E-state index in [4.69, 9.17) is 0 Å². The SMILES string of the molecule is [C-](=C(C[C-]1CC1)c1ccccc1)c1ccccc1.[Zr].c1cc[cH-]c1.c1cc[cH-]c1. The molecular weight excluding hydrogens is 428 g/mol. The third-order valence-electron chi connectivity index (χ3n) is 4.33. The Hall–Kier alpha value is -2.24. The van der Waals surface area contributed by atoms with Gasteiger partial charge in [-0.05, 0) is 0 Å². The second kappa shape index (κ2) is 13.9. The van der Waals surface area contributed by atoms with E-state index in [2.05, 4.69) is 60.7 Å². The first-order chi connectivity index (χ1) is 13.9. The minimum absolute atomic E-state index is 0. The van der Waals surface area contributed by atoms with Gasteiger partial charge in [0.15, 0.2) is 0 Å². The third-order valence-corrected chi connectivity index (χ3v) is 4.33. The van der Waals surface area contributed by atoms with Crippen molar-refractivity contribution in [3.63, 3.8) is 0 Å². The molecular formula is C28H26Zr-4. The molecule has 1 fully saturated rings. The van der Waals surface area contributed by atoms with E-state index in [0.29, 0.717) is 0 Å². The van der Waals surface area contributed by atoms with Crippen molar-refractivity contribution >= 4 is 5.57 Å². The molecule has 0 bridgehead atoms. The fraction of sp³-hybridized carbons (Fsp3) is 0.107. The summed E-state index contributed by atoms with van der Waals surface area (Å²) in [6.07, 6.45) is 7.24. The summed E-state index contributed by atoms with van der Waals surface area (Å²) in [6.45, 7) is 0. The zero-order valence-corrected chi connectivity index (χ0v) is 19.1. The standard InChI is InChI=1S/C18H16.2C5H5.Zr/c1-3-7-15(8-4-1)13-18(14-16-11-12-16)17-9-5-2-6-10-17;2*1-2-4-5-3-1;/h1-10H,11-12,14H2;2*1-5H;/q-2;2*-1;. The van der Waals surface area contributed by atoms with Crippen molar-refractivity contribution in [3.8, 4) is 0 Å². The maximum atomic E-state index is 3.56. The number of benzene rings is 2. The quantitative estimate of drug-likeness (QED) is 0.222. The van der Waals surface area contributed by atoms with Gasteiger partial charge in [-0.2, -0.15) is 48.4 Å². The van der Waals surface area contributed by atoms with Gasteiger partial charge in [0.1, 0.15) is 0 Å². The van der Waals surface area contributed by atoms with Crippen LogP contribution in [0, 0.1) is 12.0 Å². The Kier molecular flexibility index (Phi) is 11.0. The van der Waals surface area contributed by atoms with E-state index in [9.17, 15) is 0 Å². The van der Waals surface area contributed by atoms with Gasteiger partial charge in [0.25, 0.3) is 0 Å². The Morgan fingerprint density at radius 1 is 0.690 bits per heavy atom. The van der Waals surface area contributed by atoms with E-state index in [-0.39, 0.29) is 26.2 Å². The number of hydrogen-bond donors (Lipinski definition) is 0. The molecule has 0 amide bonds. The van der Waals surface area contributed by atoms with Gasteiger partial charge >= 0.3 is 0 Å². The Labute approximate surface area is 194 Å². The summed E-state index contributed by atoms with van der Waals surface area (Å²) < 4.78 is 0. The van der Waals surface area contributed by atoms with Crippen molar-refractivity contribution in [1.82, 2.24) is 0 Å². The van der Waals surface area contributed by atoms with Crippen LogP contribution in [0.3, 0.4) is 0 Å². The first-order valence-electron chi connectivity index (χ1n) is 9.82. The van der Waals surface area contributed by atoms with Crippen LogP contribution in [0.15, 0.2) is 121 Å². The van der Waals surface area contributed by atoms with Crippen molar-refractivity contribution in [2.45, 2.75) is 19.3 Å². The molecule has 0 saturated heterocycles. The van der Waals surface area contributed by atoms with Crippen LogP contribution in [0.25, 0.3) is 5.57 Å². The van der Waals surface area contributed by atoms with Crippen LogP contribution in [0.1, 0.15) is 30.4 Å². The summed E-state index contributed by atoms with van der Waals surface area (Å²) in [5, 5.41) is 0. The molecule has 146 valence electrons. The van der Waals surface area contributed by atoms with Gasteiger partial charge in [0.2, 0.25) is 0 Å². The van der Waals surface area contributed by atoms with Crippen molar-refractivity contribution in [3.05, 3.63) is 144 Å². The van der Waals surface area contributed by atoms with Crippen LogP contribution < -0.4 is 0 Å². The second-order valence-corrected chi connectivity index (χ2v) is 6.69. The largest absolute Gasteiger partial charge is 0.316 e. The van der Waals surface area contributed by atoms with Gasteiger partial charge in [0, 0.05) is 26.2 Å². The molecule has 4 aromatic rings. The fourth-order valence-corrected chi connectivity index (χ4v) is 2.71. The summed E-state index contributed by atoms with van der Waals surface area (Å²) >= 11 is 0. The molecule has 1 aliphatic carbocycles. The zero-order chi connectivity index (χ0) is 19.3. The van der Waals surface area contributed by atoms with Crippen molar-refractivity contribution in [2.24, 2.45) is 0 Å². The smallest absolute Gasteiger partial charge is 0 e. The monoisotopic (exact) mass is 452 g/mol. The summed E-state index contributed by atoms with van der Waals surface area (Å²) in [7, 11) is 0. The number of hydrogen-bond acceptors (Lipinski definition) is 0. The van der Waals surface area contributed by atoms with Gasteiger partial charge in [-0.15, -0.1) is 35.9 Å². The van der Waals surface area contributed by atoms with Crippen LogP contribution in [-0.2, 0) is 26.2 Å². The van der Waals surface area contributed by atoms with Crippen LogP contribution in [0.4, 0.5) is 0 Å². The third kappa shape index (κ3) is 9.68. The molecule has 29 heavy (non-hydrogen) atoms. The Balaban J connectivity index is 0.000000223. The van der Waals surface area contributed by atoms with Crippen molar-refractivity contribution in [1.29, 1.82) is 0 Å². The van der Waals surface area contributed by atoms with E-state index in [1.165, 1.54) is 24.0 Å². The van der Waals surface area contributed by atoms with Crippen LogP contribution >= 0.6 is 0 Å². The molecule has 1 heteroatoms. The molecule has 0 atom stereocenters. The molecule has 1 aliphatic rings. The Bertz CT molecular complexity index is 807. The van der Waals surface area contributed by atoms with E-state index in [1.807, 2.05) is 66.7 Å². The predicted octanol–water partition coefficient (Wildman–Crippen LogP) is 7.49. The first kappa shape index (κ1) is 23.0. The van der Waals surface area contributed by atoms with E-state index in [1.54, 1.807) is 5.92 Å². The Morgan fingerprint density at radius 2 is 1.17 bits per heavy atom. The van der Waals surface area contributed by atoms with Gasteiger partial charge in [-0.1, -0.05) is 42.0 Å². The summed E-state index contributed by atoms with van der Waals surface area (Å²) in [6, 6.07) is 41.0. The molecule has 0 radical (unpaired) electrons. The van der Waals surface area contributed by atoms with E-state index >= 15 is 0 Å². The normalized spacial score (nSPS) is 12.5. The molecule has 0 nitrogen and oxygen atoms in total. The molecule has 0 N–H and O–H groups in total. The van der Waals surface area contributed by atoms with Gasteiger partial charge in [-0.3, -0.25) is 0 Å². The molecule has 0 spiro atoms. The van der Waals surface area contributed by atoms with Crippen molar-refractivity contribution in [2.75, 3.05) is 0 Å². The number of allylic oxidation sites excluding steroid dienone is 1. The molecule has 0 heterocycles. The maximum absolute atomic E-state index is 3.56. The predicted molar refractivity (Wildman–Crippen MR) is 120 cm³/mol. The first-order valence-corrected chi connectivity index (χ1v) is 9.82. The van der Waals surface area contributed by atoms with Crippen LogP contribution in [0.2, 0.25) is 0 Å². The summed E-state index contributed by atoms with van der Waals surface area (Å²) in [5.74, 6) is 1.65. The molecule has 0 unspecified atom stereocenters. The molecule has 5 rings (SSSR count). The fourth-order valence-electron chi connectivity index (χ4n) is 2.71. The minimum Gasteiger partial charge on any atom is -0.316 e. The van der Waals surface area contributed by atoms with Crippen LogP contribution in [-0.4, -0.2) is 0 Å². The average molecular weight is 454 g/mol. The average Bonchev–Trinajstić information content (AvgIpc) is 3.22. The molecule has 4 aromatic carbocycles. The van der Waals surface area contributed by atoms with E-state index < -0.39 is 0 Å².